The molecule has 2 heterocycles. The van der Waals surface area contributed by atoms with Crippen molar-refractivity contribution < 1.29 is 14.6 Å². The molecule has 1 saturated heterocycles. The van der Waals surface area contributed by atoms with E-state index in [1.54, 1.807) is 4.90 Å². The second kappa shape index (κ2) is 5.31. The van der Waals surface area contributed by atoms with E-state index < -0.39 is 6.10 Å². The van der Waals surface area contributed by atoms with Gasteiger partial charge in [0.1, 0.15) is 6.10 Å². The van der Waals surface area contributed by atoms with Gasteiger partial charge in [-0.1, -0.05) is 18.2 Å². The Balaban J connectivity index is 1.85. The van der Waals surface area contributed by atoms with E-state index in [-0.39, 0.29) is 12.0 Å². The van der Waals surface area contributed by atoms with E-state index in [0.29, 0.717) is 19.6 Å². The van der Waals surface area contributed by atoms with Crippen LogP contribution in [0.3, 0.4) is 0 Å². The number of fused-ring (bicyclic) bond motifs is 1. The van der Waals surface area contributed by atoms with Crippen LogP contribution in [0.5, 0.6) is 0 Å². The largest absolute Gasteiger partial charge is 0.388 e. The summed E-state index contributed by atoms with van der Waals surface area (Å²) in [7, 11) is 0. The van der Waals surface area contributed by atoms with Crippen LogP contribution in [0, 0.1) is 0 Å². The van der Waals surface area contributed by atoms with E-state index in [9.17, 15) is 9.90 Å². The Kier molecular flexibility index (Phi) is 3.53. The molecule has 2 aliphatic heterocycles. The zero-order chi connectivity index (χ0) is 13.2. The van der Waals surface area contributed by atoms with Crippen LogP contribution in [-0.2, 0) is 9.53 Å². The number of anilines is 1. The third kappa shape index (κ3) is 2.38. The molecule has 0 spiro atoms. The number of carbonyl (C=O) groups is 1. The van der Waals surface area contributed by atoms with Crippen molar-refractivity contribution in [2.24, 2.45) is 0 Å². The monoisotopic (exact) mass is 261 g/mol. The molecule has 102 valence electrons. The highest BCUT2D eigenvalue weighted by Gasteiger charge is 2.32. The van der Waals surface area contributed by atoms with Crippen LogP contribution >= 0.6 is 0 Å². The number of amides is 1. The minimum atomic E-state index is -0.465. The lowest BCUT2D eigenvalue weighted by atomic mass is 9.97. The van der Waals surface area contributed by atoms with Gasteiger partial charge in [0.25, 0.3) is 5.91 Å². The molecule has 0 aromatic heterocycles. The molecule has 1 amide bonds. The molecule has 2 aliphatic rings. The summed E-state index contributed by atoms with van der Waals surface area (Å²) in [5, 5.41) is 10.0. The highest BCUT2D eigenvalue weighted by atomic mass is 16.5. The summed E-state index contributed by atoms with van der Waals surface area (Å²) in [5.41, 5.74) is 1.68. The Morgan fingerprint density at radius 1 is 1.26 bits per heavy atom. The number of rotatable bonds is 1. The summed E-state index contributed by atoms with van der Waals surface area (Å²) in [6.07, 6.45) is 2.72. The van der Waals surface area contributed by atoms with E-state index in [1.807, 2.05) is 24.3 Å². The molecule has 4 heteroatoms. The fourth-order valence-corrected chi connectivity index (χ4v) is 2.88. The first-order valence-corrected chi connectivity index (χ1v) is 6.97. The third-order valence-electron chi connectivity index (χ3n) is 3.93. The smallest absolute Gasteiger partial charge is 0.256 e. The van der Waals surface area contributed by atoms with Gasteiger partial charge in [-0.2, -0.15) is 0 Å². The Bertz CT molecular complexity index is 468. The lowest BCUT2D eigenvalue weighted by Gasteiger charge is -2.35. The van der Waals surface area contributed by atoms with Crippen molar-refractivity contribution in [1.29, 1.82) is 0 Å². The van der Waals surface area contributed by atoms with Gasteiger partial charge in [0.05, 0.1) is 6.10 Å². The fraction of sp³-hybridized carbons (Fsp3) is 0.533. The van der Waals surface area contributed by atoms with Crippen molar-refractivity contribution in [2.75, 3.05) is 18.1 Å². The fourth-order valence-electron chi connectivity index (χ4n) is 2.88. The van der Waals surface area contributed by atoms with E-state index in [4.69, 9.17) is 4.74 Å². The predicted molar refractivity (Wildman–Crippen MR) is 72.0 cm³/mol. The number of carbonyl (C=O) groups excluding carboxylic acids is 1. The Morgan fingerprint density at radius 2 is 2.11 bits per heavy atom. The lowest BCUT2D eigenvalue weighted by Crippen LogP contribution is -2.44. The zero-order valence-corrected chi connectivity index (χ0v) is 10.9. The number of hydrogen-bond acceptors (Lipinski definition) is 3. The molecule has 4 nitrogen and oxygen atoms in total. The van der Waals surface area contributed by atoms with Gasteiger partial charge in [0, 0.05) is 24.4 Å². The Labute approximate surface area is 113 Å². The van der Waals surface area contributed by atoms with Gasteiger partial charge in [0.15, 0.2) is 0 Å². The summed E-state index contributed by atoms with van der Waals surface area (Å²) in [4.78, 5) is 14.3. The van der Waals surface area contributed by atoms with Crippen molar-refractivity contribution >= 4 is 11.6 Å². The number of nitrogens with zero attached hydrogens (tertiary/aromatic N) is 1. The normalized spacial score (nSPS) is 26.9. The summed E-state index contributed by atoms with van der Waals surface area (Å²) < 4.78 is 5.58. The quantitative estimate of drug-likeness (QED) is 0.841. The molecule has 3 rings (SSSR count). The highest BCUT2D eigenvalue weighted by Crippen LogP contribution is 2.34. The molecular weight excluding hydrogens is 242 g/mol. The number of para-hydroxylation sites is 1. The van der Waals surface area contributed by atoms with Crippen LogP contribution in [0.15, 0.2) is 24.3 Å². The molecule has 1 aromatic carbocycles. The second-order valence-electron chi connectivity index (χ2n) is 5.21. The highest BCUT2D eigenvalue weighted by molar-refractivity contribution is 5.97. The van der Waals surface area contributed by atoms with Gasteiger partial charge in [-0.05, 0) is 31.7 Å². The van der Waals surface area contributed by atoms with Crippen LogP contribution in [0.4, 0.5) is 5.69 Å². The lowest BCUT2D eigenvalue weighted by molar-refractivity contribution is -0.132. The Hall–Kier alpha value is -1.39. The zero-order valence-electron chi connectivity index (χ0n) is 10.9. The van der Waals surface area contributed by atoms with E-state index >= 15 is 0 Å². The van der Waals surface area contributed by atoms with Crippen LogP contribution in [-0.4, -0.2) is 30.3 Å². The van der Waals surface area contributed by atoms with E-state index in [0.717, 1.165) is 30.5 Å². The maximum Gasteiger partial charge on any atom is 0.256 e. The maximum absolute atomic E-state index is 12.5. The number of aliphatic hydroxyl groups excluding tert-OH is 1. The maximum atomic E-state index is 12.5. The first-order valence-electron chi connectivity index (χ1n) is 6.97. The standard InChI is InChI=1S/C15H19NO3/c17-13-8-9-16(12-6-2-1-5-11(12)13)15(18)14-7-3-4-10-19-14/h1-2,5-6,13-14,17H,3-4,7-10H2. The molecule has 0 radical (unpaired) electrons. The van der Waals surface area contributed by atoms with Crippen LogP contribution in [0.25, 0.3) is 0 Å². The number of aliphatic hydroxyl groups is 1. The van der Waals surface area contributed by atoms with Gasteiger partial charge in [-0.25, -0.2) is 0 Å². The molecular formula is C15H19NO3. The summed E-state index contributed by atoms with van der Waals surface area (Å²) >= 11 is 0. The number of benzene rings is 1. The number of ether oxygens (including phenoxy) is 1. The van der Waals surface area contributed by atoms with Gasteiger partial charge in [0.2, 0.25) is 0 Å². The molecule has 2 atom stereocenters. The third-order valence-corrected chi connectivity index (χ3v) is 3.93. The number of hydrogen-bond donors (Lipinski definition) is 1. The van der Waals surface area contributed by atoms with Gasteiger partial charge >= 0.3 is 0 Å². The van der Waals surface area contributed by atoms with Crippen molar-refractivity contribution in [3.05, 3.63) is 29.8 Å². The molecule has 2 unspecified atom stereocenters. The van der Waals surface area contributed by atoms with Crippen LogP contribution in [0.1, 0.15) is 37.4 Å². The molecule has 1 aromatic rings. The van der Waals surface area contributed by atoms with E-state index in [2.05, 4.69) is 0 Å². The predicted octanol–water partition coefficient (Wildman–Crippen LogP) is 2.03. The molecule has 0 bridgehead atoms. The first-order chi connectivity index (χ1) is 9.27. The van der Waals surface area contributed by atoms with Crippen molar-refractivity contribution in [3.8, 4) is 0 Å². The van der Waals surface area contributed by atoms with Gasteiger partial charge in [-0.3, -0.25) is 4.79 Å². The minimum absolute atomic E-state index is 0.0408. The average Bonchev–Trinajstić information content (AvgIpc) is 2.48. The molecule has 0 saturated carbocycles. The van der Waals surface area contributed by atoms with Crippen molar-refractivity contribution in [2.45, 2.75) is 37.9 Å². The topological polar surface area (TPSA) is 49.8 Å². The summed E-state index contributed by atoms with van der Waals surface area (Å²) in [6, 6.07) is 7.59. The molecule has 1 N–H and O–H groups in total. The summed E-state index contributed by atoms with van der Waals surface area (Å²) in [6.45, 7) is 1.24. The van der Waals surface area contributed by atoms with Gasteiger partial charge < -0.3 is 14.7 Å². The Morgan fingerprint density at radius 3 is 2.89 bits per heavy atom. The second-order valence-corrected chi connectivity index (χ2v) is 5.21. The molecule has 19 heavy (non-hydrogen) atoms. The summed E-state index contributed by atoms with van der Waals surface area (Å²) in [5.74, 6) is 0.0408. The van der Waals surface area contributed by atoms with Crippen LogP contribution in [0.2, 0.25) is 0 Å². The van der Waals surface area contributed by atoms with Gasteiger partial charge in [-0.15, -0.1) is 0 Å². The molecule has 1 fully saturated rings. The average molecular weight is 261 g/mol. The SMILES string of the molecule is O=C(C1CCCCO1)N1CCC(O)c2ccccc21. The van der Waals surface area contributed by atoms with Crippen LogP contribution < -0.4 is 4.90 Å². The van der Waals surface area contributed by atoms with Crippen molar-refractivity contribution in [1.82, 2.24) is 0 Å². The first kappa shape index (κ1) is 12.6. The van der Waals surface area contributed by atoms with Crippen molar-refractivity contribution in [3.63, 3.8) is 0 Å². The van der Waals surface area contributed by atoms with E-state index in [1.165, 1.54) is 0 Å². The molecule has 0 aliphatic carbocycles. The minimum Gasteiger partial charge on any atom is -0.388 e.